The van der Waals surface area contributed by atoms with Crippen molar-refractivity contribution >= 4 is 34.1 Å². The molecule has 9 nitrogen and oxygen atoms in total. The molecule has 1 saturated heterocycles. The third kappa shape index (κ3) is 7.91. The molecular formula is C34H43N3O6. The van der Waals surface area contributed by atoms with Gasteiger partial charge in [-0.1, -0.05) is 58.9 Å². The van der Waals surface area contributed by atoms with Gasteiger partial charge >= 0.3 is 0 Å². The number of hydrogen-bond acceptors (Lipinski definition) is 7. The third-order valence-electron chi connectivity index (χ3n) is 7.43. The number of ketones is 1. The molecular weight excluding hydrogens is 546 g/mol. The largest absolute Gasteiger partial charge is 0.494 e. The van der Waals surface area contributed by atoms with Crippen LogP contribution in [0.1, 0.15) is 60.9 Å². The summed E-state index contributed by atoms with van der Waals surface area (Å²) < 4.78 is 17.1. The van der Waals surface area contributed by atoms with E-state index in [0.29, 0.717) is 29.9 Å². The number of Topliss-reactive ketones (excluding diaryl/α,β-unsaturated/α-hetero) is 1. The Balaban J connectivity index is 1.60. The molecule has 1 heterocycles. The highest BCUT2D eigenvalue weighted by Gasteiger charge is 2.26. The van der Waals surface area contributed by atoms with Crippen LogP contribution in [0, 0.1) is 5.92 Å². The van der Waals surface area contributed by atoms with Crippen molar-refractivity contribution in [2.75, 3.05) is 58.4 Å². The number of fused-ring (bicyclic) bond motifs is 1. The van der Waals surface area contributed by atoms with Crippen LogP contribution in [0.15, 0.2) is 48.5 Å². The Kier molecular flexibility index (Phi) is 10.4. The summed E-state index contributed by atoms with van der Waals surface area (Å²) in [7, 11) is 1.44. The first-order chi connectivity index (χ1) is 20.5. The van der Waals surface area contributed by atoms with Gasteiger partial charge in [-0.15, -0.1) is 0 Å². The SMILES string of the molecule is COc1c(NC(=O)C(=O)c2ccc(OCCN3CCOCC3)c3ccccc23)cc(C(C)(C)C)cc1C(=O)NCC(C)C. The maximum atomic E-state index is 13.6. The van der Waals surface area contributed by atoms with E-state index < -0.39 is 11.7 Å². The molecule has 0 atom stereocenters. The number of nitrogens with one attached hydrogen (secondary N) is 2. The smallest absolute Gasteiger partial charge is 0.296 e. The van der Waals surface area contributed by atoms with Gasteiger partial charge in [0.2, 0.25) is 0 Å². The quantitative estimate of drug-likeness (QED) is 0.238. The van der Waals surface area contributed by atoms with Gasteiger partial charge in [0, 0.05) is 37.1 Å². The van der Waals surface area contributed by atoms with E-state index in [1.165, 1.54) is 7.11 Å². The van der Waals surface area contributed by atoms with Crippen molar-refractivity contribution in [1.29, 1.82) is 0 Å². The standard InChI is InChI=1S/C34H43N3O6/c1-22(2)21-35-32(39)27-19-23(34(3,4)5)20-28(31(27)41-6)36-33(40)30(38)26-11-12-29(25-10-8-7-9-24(25)26)43-18-15-37-13-16-42-17-14-37/h7-12,19-20,22H,13-18,21H2,1-6H3,(H,35,39)(H,36,40). The lowest BCUT2D eigenvalue weighted by molar-refractivity contribution is -0.112. The van der Waals surface area contributed by atoms with Crippen molar-refractivity contribution in [3.05, 3.63) is 65.2 Å². The zero-order valence-corrected chi connectivity index (χ0v) is 26.0. The minimum Gasteiger partial charge on any atom is -0.494 e. The summed E-state index contributed by atoms with van der Waals surface area (Å²) in [6.45, 7) is 15.0. The molecule has 0 spiro atoms. The van der Waals surface area contributed by atoms with E-state index in [-0.39, 0.29) is 34.2 Å². The minimum atomic E-state index is -0.830. The predicted octanol–water partition coefficient (Wildman–Crippen LogP) is 5.06. The number of amides is 2. The van der Waals surface area contributed by atoms with Crippen LogP contribution in [0.25, 0.3) is 10.8 Å². The summed E-state index contributed by atoms with van der Waals surface area (Å²) in [6, 6.07) is 14.3. The molecule has 0 bridgehead atoms. The Bertz CT molecular complexity index is 1470. The first kappa shape index (κ1) is 32.0. The molecule has 3 aromatic rings. The minimum absolute atomic E-state index is 0.198. The molecule has 230 valence electrons. The monoisotopic (exact) mass is 589 g/mol. The summed E-state index contributed by atoms with van der Waals surface area (Å²) in [5, 5.41) is 7.03. The second-order valence-electron chi connectivity index (χ2n) is 12.2. The first-order valence-electron chi connectivity index (χ1n) is 14.8. The molecule has 1 aliphatic rings. The van der Waals surface area contributed by atoms with Crippen molar-refractivity contribution < 1.29 is 28.6 Å². The van der Waals surface area contributed by atoms with Crippen LogP contribution in [-0.4, -0.2) is 75.6 Å². The highest BCUT2D eigenvalue weighted by atomic mass is 16.5. The fourth-order valence-corrected chi connectivity index (χ4v) is 4.94. The van der Waals surface area contributed by atoms with Crippen molar-refractivity contribution in [2.24, 2.45) is 5.92 Å². The summed E-state index contributed by atoms with van der Waals surface area (Å²) >= 11 is 0. The topological polar surface area (TPSA) is 106 Å². The summed E-state index contributed by atoms with van der Waals surface area (Å²) in [5.74, 6) is -0.738. The molecule has 1 fully saturated rings. The molecule has 9 heteroatoms. The van der Waals surface area contributed by atoms with Gasteiger partial charge in [-0.25, -0.2) is 0 Å². The second-order valence-corrected chi connectivity index (χ2v) is 12.2. The Labute approximate surface area is 253 Å². The highest BCUT2D eigenvalue weighted by Crippen LogP contribution is 2.36. The van der Waals surface area contributed by atoms with Crippen LogP contribution in [0.2, 0.25) is 0 Å². The van der Waals surface area contributed by atoms with E-state index in [1.807, 2.05) is 58.9 Å². The maximum Gasteiger partial charge on any atom is 0.296 e. The highest BCUT2D eigenvalue weighted by molar-refractivity contribution is 6.48. The zero-order chi connectivity index (χ0) is 31.1. The molecule has 0 saturated carbocycles. The first-order valence-corrected chi connectivity index (χ1v) is 14.8. The fourth-order valence-electron chi connectivity index (χ4n) is 4.94. The van der Waals surface area contributed by atoms with Crippen molar-refractivity contribution in [3.63, 3.8) is 0 Å². The summed E-state index contributed by atoms with van der Waals surface area (Å²) in [4.78, 5) is 42.5. The van der Waals surface area contributed by atoms with Crippen LogP contribution in [0.5, 0.6) is 11.5 Å². The van der Waals surface area contributed by atoms with Crippen LogP contribution in [-0.2, 0) is 14.9 Å². The molecule has 0 unspecified atom stereocenters. The maximum absolute atomic E-state index is 13.6. The summed E-state index contributed by atoms with van der Waals surface area (Å²) in [5.41, 5.74) is 1.29. The number of benzene rings is 3. The third-order valence-corrected chi connectivity index (χ3v) is 7.43. The average Bonchev–Trinajstić information content (AvgIpc) is 2.99. The number of rotatable bonds is 11. The number of anilines is 1. The number of hydrogen-bond donors (Lipinski definition) is 2. The van der Waals surface area contributed by atoms with E-state index in [0.717, 1.165) is 43.8 Å². The van der Waals surface area contributed by atoms with Gasteiger partial charge in [-0.2, -0.15) is 0 Å². The number of carbonyl (C=O) groups excluding carboxylic acids is 3. The Morgan fingerprint density at radius 2 is 1.67 bits per heavy atom. The molecule has 2 N–H and O–H groups in total. The van der Waals surface area contributed by atoms with Gasteiger partial charge in [0.05, 0.1) is 31.6 Å². The lowest BCUT2D eigenvalue weighted by Gasteiger charge is -2.26. The number of carbonyl (C=O) groups is 3. The lowest BCUT2D eigenvalue weighted by atomic mass is 9.85. The van der Waals surface area contributed by atoms with Gasteiger partial charge in [0.25, 0.3) is 17.6 Å². The molecule has 0 aromatic heterocycles. The van der Waals surface area contributed by atoms with Crippen LogP contribution in [0.3, 0.4) is 0 Å². The van der Waals surface area contributed by atoms with Gasteiger partial charge in [-0.3, -0.25) is 19.3 Å². The van der Waals surface area contributed by atoms with E-state index in [2.05, 4.69) is 15.5 Å². The van der Waals surface area contributed by atoms with Crippen molar-refractivity contribution in [1.82, 2.24) is 10.2 Å². The molecule has 0 radical (unpaired) electrons. The Hall–Kier alpha value is -3.95. The van der Waals surface area contributed by atoms with E-state index in [1.54, 1.807) is 24.3 Å². The summed E-state index contributed by atoms with van der Waals surface area (Å²) in [6.07, 6.45) is 0. The Morgan fingerprint density at radius 3 is 2.33 bits per heavy atom. The van der Waals surface area contributed by atoms with Gasteiger partial charge < -0.3 is 24.8 Å². The van der Waals surface area contributed by atoms with Gasteiger partial charge in [0.1, 0.15) is 12.4 Å². The second kappa shape index (κ2) is 14.0. The molecule has 0 aliphatic carbocycles. The molecule has 4 rings (SSSR count). The average molecular weight is 590 g/mol. The van der Waals surface area contributed by atoms with Crippen molar-refractivity contribution in [3.8, 4) is 11.5 Å². The lowest BCUT2D eigenvalue weighted by Crippen LogP contribution is -2.38. The molecule has 3 aromatic carbocycles. The van der Waals surface area contributed by atoms with Gasteiger partial charge in [-0.05, 0) is 46.5 Å². The van der Waals surface area contributed by atoms with Gasteiger partial charge in [0.15, 0.2) is 5.75 Å². The molecule has 43 heavy (non-hydrogen) atoms. The van der Waals surface area contributed by atoms with E-state index in [9.17, 15) is 14.4 Å². The van der Waals surface area contributed by atoms with Crippen LogP contribution < -0.4 is 20.1 Å². The number of morpholine rings is 1. The number of methoxy groups -OCH3 is 1. The molecule has 2 amide bonds. The van der Waals surface area contributed by atoms with Crippen LogP contribution >= 0.6 is 0 Å². The fraction of sp³-hybridized carbons (Fsp3) is 0.441. The van der Waals surface area contributed by atoms with E-state index >= 15 is 0 Å². The number of ether oxygens (including phenoxy) is 3. The molecule has 1 aliphatic heterocycles. The Morgan fingerprint density at radius 1 is 0.977 bits per heavy atom. The van der Waals surface area contributed by atoms with E-state index in [4.69, 9.17) is 14.2 Å². The van der Waals surface area contributed by atoms with Crippen LogP contribution in [0.4, 0.5) is 5.69 Å². The van der Waals surface area contributed by atoms with Crippen molar-refractivity contribution in [2.45, 2.75) is 40.0 Å². The normalized spacial score (nSPS) is 14.0. The zero-order valence-electron chi connectivity index (χ0n) is 26.0. The number of nitrogens with zero attached hydrogens (tertiary/aromatic N) is 1. The predicted molar refractivity (Wildman–Crippen MR) is 169 cm³/mol.